The summed E-state index contributed by atoms with van der Waals surface area (Å²) in [7, 11) is 0. The lowest BCUT2D eigenvalue weighted by atomic mass is 9.86. The van der Waals surface area contributed by atoms with Crippen molar-refractivity contribution < 1.29 is 4.42 Å². The quantitative estimate of drug-likeness (QED) is 0.876. The minimum Gasteiger partial charge on any atom is -0.468 e. The molecule has 0 aliphatic heterocycles. The standard InChI is InChI=1S/C17H23NO/c1-13(18-12-16-6-5-11-19-16)14-7-9-15(10-8-14)17(2,3)4/h5-11,13,18H,12H2,1-4H3. The van der Waals surface area contributed by atoms with Gasteiger partial charge in [0.2, 0.25) is 0 Å². The lowest BCUT2D eigenvalue weighted by Crippen LogP contribution is -2.18. The predicted molar refractivity (Wildman–Crippen MR) is 79.1 cm³/mol. The molecular formula is C17H23NO. The zero-order chi connectivity index (χ0) is 13.9. The van der Waals surface area contributed by atoms with Crippen LogP contribution in [-0.4, -0.2) is 0 Å². The summed E-state index contributed by atoms with van der Waals surface area (Å²) in [6.07, 6.45) is 1.71. The van der Waals surface area contributed by atoms with Gasteiger partial charge >= 0.3 is 0 Å². The molecule has 0 saturated heterocycles. The molecule has 0 bridgehead atoms. The van der Waals surface area contributed by atoms with E-state index in [1.807, 2.05) is 12.1 Å². The van der Waals surface area contributed by atoms with Crippen LogP contribution in [0.15, 0.2) is 47.1 Å². The molecule has 0 aliphatic carbocycles. The lowest BCUT2D eigenvalue weighted by molar-refractivity contribution is 0.460. The molecule has 1 aromatic carbocycles. The molecule has 19 heavy (non-hydrogen) atoms. The molecule has 2 aromatic rings. The van der Waals surface area contributed by atoms with Gasteiger partial charge in [-0.3, -0.25) is 0 Å². The Labute approximate surface area is 115 Å². The summed E-state index contributed by atoms with van der Waals surface area (Å²) in [5.74, 6) is 0.971. The van der Waals surface area contributed by atoms with Crippen molar-refractivity contribution in [3.8, 4) is 0 Å². The van der Waals surface area contributed by atoms with Crippen molar-refractivity contribution in [3.63, 3.8) is 0 Å². The van der Waals surface area contributed by atoms with Crippen molar-refractivity contribution in [2.24, 2.45) is 0 Å². The van der Waals surface area contributed by atoms with Gasteiger partial charge in [0.15, 0.2) is 0 Å². The van der Waals surface area contributed by atoms with Crippen LogP contribution >= 0.6 is 0 Å². The highest BCUT2D eigenvalue weighted by molar-refractivity contribution is 5.29. The minimum atomic E-state index is 0.212. The first-order valence-corrected chi connectivity index (χ1v) is 6.83. The molecule has 0 spiro atoms. The summed E-state index contributed by atoms with van der Waals surface area (Å²) in [5, 5.41) is 3.47. The smallest absolute Gasteiger partial charge is 0.117 e. The molecule has 2 heteroatoms. The molecule has 2 nitrogen and oxygen atoms in total. The van der Waals surface area contributed by atoms with Gasteiger partial charge in [0.25, 0.3) is 0 Å². The first-order valence-electron chi connectivity index (χ1n) is 6.83. The third kappa shape index (κ3) is 3.71. The number of furan rings is 1. The molecule has 0 amide bonds. The Balaban J connectivity index is 1.97. The van der Waals surface area contributed by atoms with E-state index in [1.165, 1.54) is 11.1 Å². The van der Waals surface area contributed by atoms with E-state index < -0.39 is 0 Å². The lowest BCUT2D eigenvalue weighted by Gasteiger charge is -2.20. The number of benzene rings is 1. The SMILES string of the molecule is CC(NCc1ccco1)c1ccc(C(C)(C)C)cc1. The van der Waals surface area contributed by atoms with Gasteiger partial charge in [-0.2, -0.15) is 0 Å². The predicted octanol–water partition coefficient (Wildman–Crippen LogP) is 4.43. The van der Waals surface area contributed by atoms with E-state index in [0.717, 1.165) is 12.3 Å². The van der Waals surface area contributed by atoms with Gasteiger partial charge in [0.1, 0.15) is 5.76 Å². The van der Waals surface area contributed by atoms with E-state index in [9.17, 15) is 0 Å². The van der Waals surface area contributed by atoms with Crippen molar-refractivity contribution >= 4 is 0 Å². The zero-order valence-electron chi connectivity index (χ0n) is 12.2. The second kappa shape index (κ2) is 5.62. The topological polar surface area (TPSA) is 25.2 Å². The van der Waals surface area contributed by atoms with Gasteiger partial charge in [-0.1, -0.05) is 45.0 Å². The number of hydrogen-bond acceptors (Lipinski definition) is 2. The fraction of sp³-hybridized carbons (Fsp3) is 0.412. The average molecular weight is 257 g/mol. The number of hydrogen-bond donors (Lipinski definition) is 1. The summed E-state index contributed by atoms with van der Waals surface area (Å²) >= 11 is 0. The van der Waals surface area contributed by atoms with Crippen LogP contribution in [0.1, 0.15) is 50.6 Å². The summed E-state index contributed by atoms with van der Waals surface area (Å²) in [4.78, 5) is 0. The molecular weight excluding hydrogens is 234 g/mol. The maximum Gasteiger partial charge on any atom is 0.117 e. The molecule has 102 valence electrons. The molecule has 2 rings (SSSR count). The fourth-order valence-corrected chi connectivity index (χ4v) is 2.06. The van der Waals surface area contributed by atoms with Crippen LogP contribution in [0.25, 0.3) is 0 Å². The van der Waals surface area contributed by atoms with Gasteiger partial charge in [-0.05, 0) is 35.6 Å². The molecule has 1 heterocycles. The molecule has 0 radical (unpaired) electrons. The molecule has 0 fully saturated rings. The molecule has 1 aromatic heterocycles. The van der Waals surface area contributed by atoms with E-state index >= 15 is 0 Å². The van der Waals surface area contributed by atoms with E-state index in [4.69, 9.17) is 4.42 Å². The molecule has 1 N–H and O–H groups in total. The Morgan fingerprint density at radius 1 is 1.11 bits per heavy atom. The fourth-order valence-electron chi connectivity index (χ4n) is 2.06. The van der Waals surface area contributed by atoms with Crippen molar-refractivity contribution in [1.82, 2.24) is 5.32 Å². The van der Waals surface area contributed by atoms with E-state index in [2.05, 4.69) is 57.3 Å². The van der Waals surface area contributed by atoms with Crippen molar-refractivity contribution in [2.75, 3.05) is 0 Å². The molecule has 0 saturated carbocycles. The Kier molecular flexibility index (Phi) is 4.11. The highest BCUT2D eigenvalue weighted by Crippen LogP contribution is 2.24. The maximum absolute atomic E-state index is 5.32. The molecule has 0 aliphatic rings. The monoisotopic (exact) mass is 257 g/mol. The van der Waals surface area contributed by atoms with E-state index in [-0.39, 0.29) is 5.41 Å². The van der Waals surface area contributed by atoms with Crippen molar-refractivity contribution in [1.29, 1.82) is 0 Å². The Morgan fingerprint density at radius 3 is 2.32 bits per heavy atom. The zero-order valence-corrected chi connectivity index (χ0v) is 12.2. The first-order chi connectivity index (χ1) is 8.97. The molecule has 1 atom stereocenters. The van der Waals surface area contributed by atoms with Crippen LogP contribution in [-0.2, 0) is 12.0 Å². The van der Waals surface area contributed by atoms with Crippen LogP contribution in [0.2, 0.25) is 0 Å². The second-order valence-corrected chi connectivity index (χ2v) is 6.05. The summed E-state index contributed by atoms with van der Waals surface area (Å²) in [5.41, 5.74) is 2.89. The van der Waals surface area contributed by atoms with Crippen LogP contribution in [0.4, 0.5) is 0 Å². The van der Waals surface area contributed by atoms with E-state index in [0.29, 0.717) is 6.04 Å². The second-order valence-electron chi connectivity index (χ2n) is 6.05. The summed E-state index contributed by atoms with van der Waals surface area (Å²) < 4.78 is 5.32. The highest BCUT2D eigenvalue weighted by Gasteiger charge is 2.14. The van der Waals surface area contributed by atoms with Crippen LogP contribution in [0.3, 0.4) is 0 Å². The van der Waals surface area contributed by atoms with Crippen molar-refractivity contribution in [2.45, 2.75) is 45.7 Å². The Bertz CT molecular complexity index is 491. The first kappa shape index (κ1) is 13.9. The van der Waals surface area contributed by atoms with Crippen molar-refractivity contribution in [3.05, 3.63) is 59.5 Å². The maximum atomic E-state index is 5.32. The average Bonchev–Trinajstić information content (AvgIpc) is 2.88. The third-order valence-electron chi connectivity index (χ3n) is 3.44. The minimum absolute atomic E-state index is 0.212. The molecule has 1 unspecified atom stereocenters. The summed E-state index contributed by atoms with van der Waals surface area (Å²) in [6, 6.07) is 13.1. The van der Waals surface area contributed by atoms with Gasteiger partial charge in [0, 0.05) is 6.04 Å². The van der Waals surface area contributed by atoms with Gasteiger partial charge < -0.3 is 9.73 Å². The van der Waals surface area contributed by atoms with Crippen LogP contribution < -0.4 is 5.32 Å². The Morgan fingerprint density at radius 2 is 1.79 bits per heavy atom. The van der Waals surface area contributed by atoms with Crippen LogP contribution in [0.5, 0.6) is 0 Å². The Hall–Kier alpha value is -1.54. The largest absolute Gasteiger partial charge is 0.468 e. The summed E-state index contributed by atoms with van der Waals surface area (Å²) in [6.45, 7) is 9.64. The number of nitrogens with one attached hydrogen (secondary N) is 1. The van der Waals surface area contributed by atoms with Crippen LogP contribution in [0, 0.1) is 0 Å². The van der Waals surface area contributed by atoms with Gasteiger partial charge in [-0.15, -0.1) is 0 Å². The number of rotatable bonds is 4. The third-order valence-corrected chi connectivity index (χ3v) is 3.44. The highest BCUT2D eigenvalue weighted by atomic mass is 16.3. The van der Waals surface area contributed by atoms with Gasteiger partial charge in [0.05, 0.1) is 12.8 Å². The normalized spacial score (nSPS) is 13.5. The van der Waals surface area contributed by atoms with E-state index in [1.54, 1.807) is 6.26 Å². The van der Waals surface area contributed by atoms with Gasteiger partial charge in [-0.25, -0.2) is 0 Å².